The fourth-order valence-corrected chi connectivity index (χ4v) is 5.04. The average molecular weight is 436 g/mol. The normalized spacial score (nSPS) is 22.0. The van der Waals surface area contributed by atoms with Crippen molar-refractivity contribution in [1.29, 1.82) is 0 Å². The molecule has 0 unspecified atom stereocenters. The molecule has 1 aromatic carbocycles. The molecular formula is C25H33N5O2. The van der Waals surface area contributed by atoms with Crippen molar-refractivity contribution in [1.82, 2.24) is 20.4 Å². The Morgan fingerprint density at radius 2 is 1.94 bits per heavy atom. The lowest BCUT2D eigenvalue weighted by molar-refractivity contribution is -0.108. The van der Waals surface area contributed by atoms with Gasteiger partial charge in [0, 0.05) is 23.6 Å². The molecule has 0 saturated heterocycles. The number of carbonyl (C=O) groups is 2. The van der Waals surface area contributed by atoms with E-state index in [1.54, 1.807) is 0 Å². The third kappa shape index (κ3) is 5.44. The minimum absolute atomic E-state index is 0.0276. The van der Waals surface area contributed by atoms with E-state index in [0.717, 1.165) is 55.7 Å². The van der Waals surface area contributed by atoms with Crippen molar-refractivity contribution in [2.75, 3.05) is 0 Å². The van der Waals surface area contributed by atoms with Crippen molar-refractivity contribution in [2.24, 2.45) is 10.9 Å². The number of amidine groups is 1. The molecule has 0 aliphatic heterocycles. The van der Waals surface area contributed by atoms with Crippen LogP contribution in [0.3, 0.4) is 0 Å². The number of benzene rings is 1. The molecule has 1 aromatic heterocycles. The summed E-state index contributed by atoms with van der Waals surface area (Å²) in [4.78, 5) is 28.7. The first-order valence-electron chi connectivity index (χ1n) is 11.8. The summed E-state index contributed by atoms with van der Waals surface area (Å²) >= 11 is 0. The van der Waals surface area contributed by atoms with Gasteiger partial charge in [0.1, 0.15) is 5.84 Å². The number of aryl methyl sites for hydroxylation is 1. The Balaban J connectivity index is 1.48. The highest BCUT2D eigenvalue weighted by molar-refractivity contribution is 5.94. The molecule has 170 valence electrons. The van der Waals surface area contributed by atoms with E-state index >= 15 is 0 Å². The molecule has 2 N–H and O–H groups in total. The number of hydrogen-bond donors (Lipinski definition) is 2. The smallest absolute Gasteiger partial charge is 0.251 e. The van der Waals surface area contributed by atoms with Crippen LogP contribution in [0.5, 0.6) is 0 Å². The van der Waals surface area contributed by atoms with Crippen LogP contribution in [0.15, 0.2) is 41.5 Å². The van der Waals surface area contributed by atoms with Crippen molar-refractivity contribution in [3.63, 3.8) is 0 Å². The molecule has 2 fully saturated rings. The second-order valence-electron chi connectivity index (χ2n) is 9.13. The number of hydrogen-bond acceptors (Lipinski definition) is 4. The highest BCUT2D eigenvalue weighted by Gasteiger charge is 2.27. The van der Waals surface area contributed by atoms with Crippen LogP contribution in [-0.2, 0) is 4.79 Å². The van der Waals surface area contributed by atoms with E-state index in [9.17, 15) is 9.59 Å². The van der Waals surface area contributed by atoms with Crippen LogP contribution in [0.2, 0.25) is 0 Å². The Morgan fingerprint density at radius 1 is 1.16 bits per heavy atom. The molecule has 0 spiro atoms. The highest BCUT2D eigenvalue weighted by atomic mass is 16.1. The van der Waals surface area contributed by atoms with Gasteiger partial charge in [-0.1, -0.05) is 43.9 Å². The van der Waals surface area contributed by atoms with Crippen LogP contribution in [0.1, 0.15) is 79.8 Å². The van der Waals surface area contributed by atoms with Gasteiger partial charge in [-0.2, -0.15) is 5.10 Å². The molecular weight excluding hydrogens is 402 g/mol. The van der Waals surface area contributed by atoms with Crippen LogP contribution in [0, 0.1) is 12.8 Å². The molecule has 4 rings (SSSR count). The number of nitrogens with one attached hydrogen (secondary N) is 2. The van der Waals surface area contributed by atoms with E-state index in [-0.39, 0.29) is 18.0 Å². The van der Waals surface area contributed by atoms with Crippen LogP contribution in [-0.4, -0.2) is 34.0 Å². The number of amides is 2. The molecule has 2 aliphatic carbocycles. The molecule has 2 atom stereocenters. The molecule has 2 amide bonds. The van der Waals surface area contributed by atoms with Crippen molar-refractivity contribution in [3.8, 4) is 0 Å². The Morgan fingerprint density at radius 3 is 2.69 bits per heavy atom. The maximum Gasteiger partial charge on any atom is 0.251 e. The fourth-order valence-electron chi connectivity index (χ4n) is 5.04. The lowest BCUT2D eigenvalue weighted by Crippen LogP contribution is -2.39. The molecule has 7 heteroatoms. The largest absolute Gasteiger partial charge is 0.349 e. The first-order chi connectivity index (χ1) is 15.6. The van der Waals surface area contributed by atoms with E-state index < -0.39 is 0 Å². The van der Waals surface area contributed by atoms with Gasteiger partial charge >= 0.3 is 0 Å². The standard InChI is InChI=1S/C25H33N5O2/c1-18-16-27-30(24(18)29-23(26-17-31)14-19-8-5-6-9-19)22-13-7-12-21(15-22)28-25(32)20-10-3-2-4-11-20/h2-4,10-11,16-17,19,21-22H,5-9,12-15H2,1H3,(H,28,32)(H,26,29,31)/t21-,22+/m0/s1. The Hall–Kier alpha value is -2.96. The van der Waals surface area contributed by atoms with Gasteiger partial charge in [-0.25, -0.2) is 9.67 Å². The van der Waals surface area contributed by atoms with Crippen molar-refractivity contribution >= 4 is 24.0 Å². The summed E-state index contributed by atoms with van der Waals surface area (Å²) < 4.78 is 2.00. The van der Waals surface area contributed by atoms with Gasteiger partial charge in [0.2, 0.25) is 6.41 Å². The summed E-state index contributed by atoms with van der Waals surface area (Å²) in [6, 6.07) is 9.62. The zero-order valence-electron chi connectivity index (χ0n) is 18.8. The Bertz CT molecular complexity index is 946. The van der Waals surface area contributed by atoms with Gasteiger partial charge in [-0.15, -0.1) is 0 Å². The van der Waals surface area contributed by atoms with Gasteiger partial charge < -0.3 is 10.6 Å². The zero-order chi connectivity index (χ0) is 22.3. The Kier molecular flexibility index (Phi) is 7.35. The fraction of sp³-hybridized carbons (Fsp3) is 0.520. The average Bonchev–Trinajstić information content (AvgIpc) is 3.45. The zero-order valence-corrected chi connectivity index (χ0v) is 18.8. The lowest BCUT2D eigenvalue weighted by Gasteiger charge is -2.30. The Labute approximate surface area is 189 Å². The maximum atomic E-state index is 12.6. The second-order valence-corrected chi connectivity index (χ2v) is 9.13. The van der Waals surface area contributed by atoms with Crippen LogP contribution in [0.25, 0.3) is 0 Å². The van der Waals surface area contributed by atoms with E-state index in [1.165, 1.54) is 25.7 Å². The van der Waals surface area contributed by atoms with E-state index in [0.29, 0.717) is 11.5 Å². The predicted molar refractivity (Wildman–Crippen MR) is 125 cm³/mol. The first-order valence-corrected chi connectivity index (χ1v) is 11.8. The topological polar surface area (TPSA) is 88.4 Å². The number of aromatic nitrogens is 2. The molecule has 2 aromatic rings. The summed E-state index contributed by atoms with van der Waals surface area (Å²) in [6.45, 7) is 2.01. The third-order valence-corrected chi connectivity index (χ3v) is 6.73. The summed E-state index contributed by atoms with van der Waals surface area (Å²) in [5.74, 6) is 2.10. The van der Waals surface area contributed by atoms with Crippen LogP contribution >= 0.6 is 0 Å². The van der Waals surface area contributed by atoms with Crippen LogP contribution < -0.4 is 10.6 Å². The molecule has 2 saturated carbocycles. The number of rotatable bonds is 7. The number of carbonyl (C=O) groups excluding carboxylic acids is 2. The minimum atomic E-state index is -0.0276. The third-order valence-electron chi connectivity index (χ3n) is 6.73. The predicted octanol–water partition coefficient (Wildman–Crippen LogP) is 4.46. The van der Waals surface area contributed by atoms with Gasteiger partial charge in [0.15, 0.2) is 5.82 Å². The van der Waals surface area contributed by atoms with Crippen LogP contribution in [0.4, 0.5) is 5.82 Å². The molecule has 2 aliphatic rings. The summed E-state index contributed by atoms with van der Waals surface area (Å²) in [5, 5.41) is 10.7. The SMILES string of the molecule is Cc1cnn([C@@H]2CCC[C@H](NC(=O)c3ccccc3)C2)c1N=C(CC1CCCC1)NC=O. The van der Waals surface area contributed by atoms with Gasteiger partial charge in [-0.05, 0) is 50.7 Å². The summed E-state index contributed by atoms with van der Waals surface area (Å²) in [6.07, 6.45) is 12.1. The molecule has 0 radical (unpaired) electrons. The van der Waals surface area contributed by atoms with E-state index in [4.69, 9.17) is 4.99 Å². The van der Waals surface area contributed by atoms with Gasteiger partial charge in [-0.3, -0.25) is 9.59 Å². The second kappa shape index (κ2) is 10.6. The molecule has 7 nitrogen and oxygen atoms in total. The lowest BCUT2D eigenvalue weighted by atomic mass is 9.90. The number of aliphatic imine (C=N–C) groups is 1. The molecule has 0 bridgehead atoms. The van der Waals surface area contributed by atoms with Crippen molar-refractivity contribution < 1.29 is 9.59 Å². The molecule has 32 heavy (non-hydrogen) atoms. The van der Waals surface area contributed by atoms with Gasteiger partial charge in [0.25, 0.3) is 5.91 Å². The first kappa shape index (κ1) is 22.2. The number of nitrogens with zero attached hydrogens (tertiary/aromatic N) is 3. The quantitative estimate of drug-likeness (QED) is 0.382. The minimum Gasteiger partial charge on any atom is -0.349 e. The monoisotopic (exact) mass is 435 g/mol. The maximum absolute atomic E-state index is 12.6. The molecule has 1 heterocycles. The van der Waals surface area contributed by atoms with Crippen molar-refractivity contribution in [2.45, 2.75) is 76.8 Å². The highest BCUT2D eigenvalue weighted by Crippen LogP contribution is 2.34. The van der Waals surface area contributed by atoms with E-state index in [1.807, 2.05) is 48.1 Å². The van der Waals surface area contributed by atoms with Gasteiger partial charge in [0.05, 0.1) is 12.2 Å². The van der Waals surface area contributed by atoms with Crippen molar-refractivity contribution in [3.05, 3.63) is 47.7 Å². The van der Waals surface area contributed by atoms with E-state index in [2.05, 4.69) is 15.7 Å². The summed E-state index contributed by atoms with van der Waals surface area (Å²) in [5.41, 5.74) is 1.68. The summed E-state index contributed by atoms with van der Waals surface area (Å²) in [7, 11) is 0.